The van der Waals surface area contributed by atoms with Crippen LogP contribution in [0, 0.1) is 11.3 Å². The molecule has 0 aliphatic heterocycles. The summed E-state index contributed by atoms with van der Waals surface area (Å²) in [5, 5.41) is 15.6. The second-order valence-corrected chi connectivity index (χ2v) is 4.42. The minimum absolute atomic E-state index is 0.107. The normalized spacial score (nSPS) is 13.1. The monoisotopic (exact) mass is 215 g/mol. The molecule has 0 amide bonds. The lowest BCUT2D eigenvalue weighted by Gasteiger charge is -2.21. The Kier molecular flexibility index (Phi) is 4.45. The van der Waals surface area contributed by atoms with E-state index in [9.17, 15) is 9.59 Å². The van der Waals surface area contributed by atoms with Crippen molar-refractivity contribution in [1.82, 2.24) is 0 Å². The highest BCUT2D eigenvalue weighted by molar-refractivity contribution is 6.34. The van der Waals surface area contributed by atoms with E-state index in [-0.39, 0.29) is 6.42 Å². The van der Waals surface area contributed by atoms with Crippen LogP contribution in [0.1, 0.15) is 34.1 Å². The fourth-order valence-electron chi connectivity index (χ4n) is 0.879. The van der Waals surface area contributed by atoms with E-state index >= 15 is 0 Å². The number of hydrogen-bond donors (Lipinski definition) is 2. The molecule has 0 bridgehead atoms. The van der Waals surface area contributed by atoms with Crippen LogP contribution in [0.3, 0.4) is 0 Å². The fraction of sp³-hybridized carbons (Fsp3) is 0.700. The molecule has 1 atom stereocenters. The Balaban J connectivity index is 4.23. The molecule has 0 saturated heterocycles. The highest BCUT2D eigenvalue weighted by Crippen LogP contribution is 2.13. The zero-order valence-corrected chi connectivity index (χ0v) is 9.46. The molecule has 0 aliphatic carbocycles. The molecular weight excluding hydrogens is 198 g/mol. The number of carbonyl (C=O) groups excluding carboxylic acids is 1. The molecule has 15 heavy (non-hydrogen) atoms. The molecule has 0 heterocycles. The first-order chi connectivity index (χ1) is 6.63. The summed E-state index contributed by atoms with van der Waals surface area (Å²) in [6, 6.07) is 0. The van der Waals surface area contributed by atoms with E-state index in [0.717, 1.165) is 0 Å². The standard InChI is InChI=1S/C10H17NO4/c1-6(5-7(11)8(12)13)9(14)15-10(2,3)4/h6,11H,5H2,1-4H3,(H,12,13)/t6-/m1/s1. The molecule has 5 heteroatoms. The van der Waals surface area contributed by atoms with E-state index in [4.69, 9.17) is 15.3 Å². The molecule has 2 N–H and O–H groups in total. The fourth-order valence-corrected chi connectivity index (χ4v) is 0.879. The average molecular weight is 215 g/mol. The first-order valence-corrected chi connectivity index (χ1v) is 4.67. The highest BCUT2D eigenvalue weighted by Gasteiger charge is 2.24. The Morgan fingerprint density at radius 1 is 1.40 bits per heavy atom. The van der Waals surface area contributed by atoms with Crippen molar-refractivity contribution < 1.29 is 19.4 Å². The van der Waals surface area contributed by atoms with Gasteiger partial charge in [-0.1, -0.05) is 6.92 Å². The Morgan fingerprint density at radius 3 is 2.20 bits per heavy atom. The van der Waals surface area contributed by atoms with Crippen LogP contribution in [-0.2, 0) is 14.3 Å². The predicted molar refractivity (Wildman–Crippen MR) is 55.0 cm³/mol. The first kappa shape index (κ1) is 13.6. The summed E-state index contributed by atoms with van der Waals surface area (Å²) in [6.45, 7) is 6.76. The van der Waals surface area contributed by atoms with E-state index in [1.165, 1.54) is 0 Å². The van der Waals surface area contributed by atoms with Gasteiger partial charge in [-0.25, -0.2) is 4.79 Å². The van der Waals surface area contributed by atoms with Crippen LogP contribution in [0.25, 0.3) is 0 Å². The van der Waals surface area contributed by atoms with Gasteiger partial charge in [-0.05, 0) is 20.8 Å². The van der Waals surface area contributed by atoms with Crippen molar-refractivity contribution in [1.29, 1.82) is 5.41 Å². The van der Waals surface area contributed by atoms with E-state index in [1.54, 1.807) is 27.7 Å². The van der Waals surface area contributed by atoms with Crippen LogP contribution in [0.2, 0.25) is 0 Å². The van der Waals surface area contributed by atoms with Crippen LogP contribution in [0.5, 0.6) is 0 Å². The summed E-state index contributed by atoms with van der Waals surface area (Å²) in [5.41, 5.74) is -1.06. The van der Waals surface area contributed by atoms with Crippen LogP contribution >= 0.6 is 0 Å². The highest BCUT2D eigenvalue weighted by atomic mass is 16.6. The molecule has 0 aromatic heterocycles. The molecule has 5 nitrogen and oxygen atoms in total. The average Bonchev–Trinajstić information content (AvgIpc) is 2.00. The summed E-state index contributed by atoms with van der Waals surface area (Å²) in [4.78, 5) is 21.8. The quantitative estimate of drug-likeness (QED) is 0.549. The molecule has 0 aliphatic rings. The van der Waals surface area contributed by atoms with Gasteiger partial charge in [-0.15, -0.1) is 0 Å². The van der Waals surface area contributed by atoms with Crippen molar-refractivity contribution in [2.75, 3.05) is 0 Å². The minimum Gasteiger partial charge on any atom is -0.477 e. The number of hydrogen-bond acceptors (Lipinski definition) is 4. The second-order valence-electron chi connectivity index (χ2n) is 4.42. The lowest BCUT2D eigenvalue weighted by atomic mass is 10.0. The molecule has 0 fully saturated rings. The van der Waals surface area contributed by atoms with Crippen LogP contribution in [0.15, 0.2) is 0 Å². The van der Waals surface area contributed by atoms with E-state index in [0.29, 0.717) is 0 Å². The summed E-state index contributed by atoms with van der Waals surface area (Å²) >= 11 is 0. The maximum absolute atomic E-state index is 11.4. The molecule has 0 unspecified atom stereocenters. The second kappa shape index (κ2) is 4.91. The van der Waals surface area contributed by atoms with Crippen molar-refractivity contribution in [3.63, 3.8) is 0 Å². The summed E-state index contributed by atoms with van der Waals surface area (Å²) in [6.07, 6.45) is -0.107. The smallest absolute Gasteiger partial charge is 0.349 e. The van der Waals surface area contributed by atoms with Gasteiger partial charge in [0.05, 0.1) is 5.92 Å². The molecule has 0 aromatic carbocycles. The third-order valence-electron chi connectivity index (χ3n) is 1.58. The van der Waals surface area contributed by atoms with Gasteiger partial charge in [0.2, 0.25) is 0 Å². The Bertz CT molecular complexity index is 278. The van der Waals surface area contributed by atoms with E-state index in [2.05, 4.69) is 0 Å². The maximum atomic E-state index is 11.4. The zero-order chi connectivity index (χ0) is 12.2. The molecule has 0 rings (SSSR count). The summed E-state index contributed by atoms with van der Waals surface area (Å²) in [5.74, 6) is -2.38. The van der Waals surface area contributed by atoms with Gasteiger partial charge in [0.1, 0.15) is 11.3 Å². The van der Waals surface area contributed by atoms with Crippen molar-refractivity contribution in [3.05, 3.63) is 0 Å². The van der Waals surface area contributed by atoms with Gasteiger partial charge in [0, 0.05) is 6.42 Å². The number of rotatable bonds is 4. The van der Waals surface area contributed by atoms with Crippen molar-refractivity contribution >= 4 is 17.7 Å². The lowest BCUT2D eigenvalue weighted by molar-refractivity contribution is -0.159. The van der Waals surface area contributed by atoms with Crippen LogP contribution in [-0.4, -0.2) is 28.4 Å². The Morgan fingerprint density at radius 2 is 1.87 bits per heavy atom. The topological polar surface area (TPSA) is 87.5 Å². The van der Waals surface area contributed by atoms with Crippen molar-refractivity contribution in [2.24, 2.45) is 5.92 Å². The van der Waals surface area contributed by atoms with Gasteiger partial charge >= 0.3 is 11.9 Å². The molecule has 0 radical (unpaired) electrons. The number of carbonyl (C=O) groups is 2. The van der Waals surface area contributed by atoms with Crippen molar-refractivity contribution in [3.8, 4) is 0 Å². The van der Waals surface area contributed by atoms with Crippen molar-refractivity contribution in [2.45, 2.75) is 39.7 Å². The predicted octanol–water partition coefficient (Wildman–Crippen LogP) is 1.46. The molecule has 86 valence electrons. The number of nitrogens with one attached hydrogen (secondary N) is 1. The molecule has 0 aromatic rings. The summed E-state index contributed by atoms with van der Waals surface area (Å²) in [7, 11) is 0. The van der Waals surface area contributed by atoms with Gasteiger partial charge < -0.3 is 9.84 Å². The number of aliphatic carboxylic acids is 1. The van der Waals surface area contributed by atoms with Crippen LogP contribution < -0.4 is 0 Å². The molecule has 0 saturated carbocycles. The van der Waals surface area contributed by atoms with Gasteiger partial charge in [-0.2, -0.15) is 0 Å². The first-order valence-electron chi connectivity index (χ1n) is 4.67. The molecular formula is C10H17NO4. The Labute approximate surface area is 88.9 Å². The largest absolute Gasteiger partial charge is 0.477 e. The Hall–Kier alpha value is -1.39. The third kappa shape index (κ3) is 5.83. The SMILES string of the molecule is C[C@H](CC(=N)C(=O)O)C(=O)OC(C)(C)C. The number of ether oxygens (including phenoxy) is 1. The third-order valence-corrected chi connectivity index (χ3v) is 1.58. The number of carboxylic acids is 1. The minimum atomic E-state index is -1.30. The number of esters is 1. The van der Waals surface area contributed by atoms with Gasteiger partial charge in [0.15, 0.2) is 0 Å². The van der Waals surface area contributed by atoms with E-state index in [1.807, 2.05) is 0 Å². The van der Waals surface area contributed by atoms with E-state index < -0.39 is 29.2 Å². The lowest BCUT2D eigenvalue weighted by Crippen LogP contribution is -2.29. The zero-order valence-electron chi connectivity index (χ0n) is 9.46. The van der Waals surface area contributed by atoms with Gasteiger partial charge in [-0.3, -0.25) is 10.2 Å². The number of carboxylic acid groups (broad SMARTS) is 1. The molecule has 0 spiro atoms. The van der Waals surface area contributed by atoms with Gasteiger partial charge in [0.25, 0.3) is 0 Å². The van der Waals surface area contributed by atoms with Crippen LogP contribution in [0.4, 0.5) is 0 Å². The summed E-state index contributed by atoms with van der Waals surface area (Å²) < 4.78 is 5.05. The maximum Gasteiger partial charge on any atom is 0.349 e.